The van der Waals surface area contributed by atoms with Crippen molar-refractivity contribution in [3.8, 4) is 0 Å². The number of rotatable bonds is 4. The fraction of sp³-hybridized carbons (Fsp3) is 0.368. The van der Waals surface area contributed by atoms with Crippen LogP contribution in [0.1, 0.15) is 30.9 Å². The van der Waals surface area contributed by atoms with E-state index in [-0.39, 0.29) is 0 Å². The molecule has 3 rings (SSSR count). The molecule has 0 N–H and O–H groups in total. The Morgan fingerprint density at radius 2 is 1.73 bits per heavy atom. The van der Waals surface area contributed by atoms with E-state index in [9.17, 15) is 0 Å². The highest BCUT2D eigenvalue weighted by Crippen LogP contribution is 2.31. The summed E-state index contributed by atoms with van der Waals surface area (Å²) >= 11 is 0. The Morgan fingerprint density at radius 3 is 2.50 bits per heavy atom. The molecule has 3 heteroatoms. The van der Waals surface area contributed by atoms with Crippen molar-refractivity contribution >= 4 is 17.1 Å². The maximum atomic E-state index is 4.39. The van der Waals surface area contributed by atoms with Crippen LogP contribution >= 0.6 is 0 Å². The second kappa shape index (κ2) is 6.73. The van der Waals surface area contributed by atoms with Crippen molar-refractivity contribution in [3.05, 3.63) is 53.6 Å². The first kappa shape index (κ1) is 14.8. The van der Waals surface area contributed by atoms with Crippen LogP contribution in [0.4, 0.5) is 17.1 Å². The average Bonchev–Trinajstić information content (AvgIpc) is 2.55. The van der Waals surface area contributed by atoms with E-state index in [1.165, 1.54) is 36.2 Å². The summed E-state index contributed by atoms with van der Waals surface area (Å²) in [5, 5.41) is 8.73. The monoisotopic (exact) mass is 293 g/mol. The van der Waals surface area contributed by atoms with Crippen molar-refractivity contribution in [3.63, 3.8) is 0 Å². The molecular weight excluding hydrogens is 270 g/mol. The van der Waals surface area contributed by atoms with E-state index in [0.717, 1.165) is 24.3 Å². The van der Waals surface area contributed by atoms with Gasteiger partial charge in [0.25, 0.3) is 0 Å². The van der Waals surface area contributed by atoms with Crippen molar-refractivity contribution in [2.45, 2.75) is 33.1 Å². The molecule has 0 saturated heterocycles. The van der Waals surface area contributed by atoms with E-state index in [2.05, 4.69) is 59.3 Å². The molecule has 2 aromatic rings. The molecular formula is C19H23N3. The second-order valence-corrected chi connectivity index (χ2v) is 5.94. The highest BCUT2D eigenvalue weighted by Gasteiger charge is 2.16. The maximum Gasteiger partial charge on any atom is 0.0861 e. The summed E-state index contributed by atoms with van der Waals surface area (Å²) in [7, 11) is 0. The molecule has 0 saturated carbocycles. The van der Waals surface area contributed by atoms with Gasteiger partial charge in [0.15, 0.2) is 0 Å². The Kier molecular flexibility index (Phi) is 4.52. The third-order valence-corrected chi connectivity index (χ3v) is 4.09. The molecule has 1 aliphatic heterocycles. The Balaban J connectivity index is 1.80. The molecule has 0 spiro atoms. The van der Waals surface area contributed by atoms with E-state index in [4.69, 9.17) is 0 Å². The molecule has 0 unspecified atom stereocenters. The van der Waals surface area contributed by atoms with Crippen molar-refractivity contribution in [1.29, 1.82) is 0 Å². The van der Waals surface area contributed by atoms with E-state index >= 15 is 0 Å². The maximum absolute atomic E-state index is 4.39. The lowest BCUT2D eigenvalue weighted by Gasteiger charge is -2.31. The van der Waals surface area contributed by atoms with E-state index in [1.54, 1.807) is 0 Å². The van der Waals surface area contributed by atoms with Crippen molar-refractivity contribution in [2.24, 2.45) is 10.2 Å². The van der Waals surface area contributed by atoms with Crippen molar-refractivity contribution in [2.75, 3.05) is 18.0 Å². The Labute approximate surface area is 132 Å². The lowest BCUT2D eigenvalue weighted by atomic mass is 10.0. The van der Waals surface area contributed by atoms with Gasteiger partial charge in [0.05, 0.1) is 11.4 Å². The number of anilines is 1. The fourth-order valence-electron chi connectivity index (χ4n) is 2.95. The van der Waals surface area contributed by atoms with Gasteiger partial charge in [-0.2, -0.15) is 10.2 Å². The summed E-state index contributed by atoms with van der Waals surface area (Å²) in [5.41, 5.74) is 5.86. The molecule has 2 aromatic carbocycles. The van der Waals surface area contributed by atoms with Gasteiger partial charge in [-0.1, -0.05) is 24.6 Å². The third-order valence-electron chi connectivity index (χ3n) is 4.09. The van der Waals surface area contributed by atoms with Gasteiger partial charge in [-0.05, 0) is 62.1 Å². The molecule has 0 aliphatic carbocycles. The van der Waals surface area contributed by atoms with Crippen LogP contribution in [0, 0.1) is 6.92 Å². The van der Waals surface area contributed by atoms with Crippen LogP contribution in [0.3, 0.4) is 0 Å². The predicted molar refractivity (Wildman–Crippen MR) is 92.6 cm³/mol. The van der Waals surface area contributed by atoms with Gasteiger partial charge < -0.3 is 4.90 Å². The zero-order chi connectivity index (χ0) is 15.4. The Hall–Kier alpha value is -2.16. The highest BCUT2D eigenvalue weighted by molar-refractivity contribution is 5.60. The van der Waals surface area contributed by atoms with Crippen LogP contribution in [0.25, 0.3) is 0 Å². The SMILES string of the molecule is CCCN1CCCc2cc(N=Nc3ccc(C)cc3)ccc21. The highest BCUT2D eigenvalue weighted by atomic mass is 15.1. The minimum Gasteiger partial charge on any atom is -0.371 e. The first-order valence-corrected chi connectivity index (χ1v) is 8.12. The van der Waals surface area contributed by atoms with Gasteiger partial charge in [0, 0.05) is 18.8 Å². The van der Waals surface area contributed by atoms with E-state index in [0.29, 0.717) is 0 Å². The van der Waals surface area contributed by atoms with Crippen LogP contribution in [0.2, 0.25) is 0 Å². The summed E-state index contributed by atoms with van der Waals surface area (Å²) in [6.07, 6.45) is 3.56. The van der Waals surface area contributed by atoms with Gasteiger partial charge in [0.2, 0.25) is 0 Å². The fourth-order valence-corrected chi connectivity index (χ4v) is 2.95. The topological polar surface area (TPSA) is 28.0 Å². The molecule has 0 bridgehead atoms. The minimum atomic E-state index is 0.899. The standard InChI is InChI=1S/C19H23N3/c1-3-12-22-13-4-5-16-14-18(10-11-19(16)22)21-20-17-8-6-15(2)7-9-17/h6-11,14H,3-5,12-13H2,1-2H3. The Morgan fingerprint density at radius 1 is 1.00 bits per heavy atom. The number of fused-ring (bicyclic) bond motifs is 1. The smallest absolute Gasteiger partial charge is 0.0861 e. The normalized spacial score (nSPS) is 14.4. The van der Waals surface area contributed by atoms with Gasteiger partial charge in [0.1, 0.15) is 0 Å². The summed E-state index contributed by atoms with van der Waals surface area (Å²) in [6.45, 7) is 6.62. The summed E-state index contributed by atoms with van der Waals surface area (Å²) in [4.78, 5) is 2.49. The second-order valence-electron chi connectivity index (χ2n) is 5.94. The van der Waals surface area contributed by atoms with Gasteiger partial charge >= 0.3 is 0 Å². The molecule has 0 atom stereocenters. The molecule has 22 heavy (non-hydrogen) atoms. The molecule has 0 amide bonds. The van der Waals surface area contributed by atoms with Crippen molar-refractivity contribution in [1.82, 2.24) is 0 Å². The number of nitrogens with zero attached hydrogens (tertiary/aromatic N) is 3. The van der Waals surface area contributed by atoms with Gasteiger partial charge in [-0.15, -0.1) is 0 Å². The zero-order valence-electron chi connectivity index (χ0n) is 13.4. The van der Waals surface area contributed by atoms with Crippen LogP contribution < -0.4 is 4.90 Å². The molecule has 114 valence electrons. The first-order chi connectivity index (χ1) is 10.8. The summed E-state index contributed by atoms with van der Waals surface area (Å²) < 4.78 is 0. The van der Waals surface area contributed by atoms with Crippen LogP contribution in [0.15, 0.2) is 52.7 Å². The molecule has 1 aliphatic rings. The number of benzene rings is 2. The van der Waals surface area contributed by atoms with E-state index in [1.807, 2.05) is 12.1 Å². The molecule has 0 fully saturated rings. The van der Waals surface area contributed by atoms with Crippen LogP contribution in [0.5, 0.6) is 0 Å². The number of aryl methyl sites for hydroxylation is 2. The molecule has 0 radical (unpaired) electrons. The Bertz CT molecular complexity index is 659. The third kappa shape index (κ3) is 3.35. The number of hydrogen-bond donors (Lipinski definition) is 0. The molecule has 3 nitrogen and oxygen atoms in total. The lowest BCUT2D eigenvalue weighted by molar-refractivity contribution is 0.681. The van der Waals surface area contributed by atoms with Crippen LogP contribution in [-0.4, -0.2) is 13.1 Å². The average molecular weight is 293 g/mol. The quantitative estimate of drug-likeness (QED) is 0.677. The van der Waals surface area contributed by atoms with Crippen LogP contribution in [-0.2, 0) is 6.42 Å². The predicted octanol–water partition coefficient (Wildman–Crippen LogP) is 5.57. The molecule has 1 heterocycles. The number of azo groups is 1. The first-order valence-electron chi connectivity index (χ1n) is 8.12. The molecule has 0 aromatic heterocycles. The minimum absolute atomic E-state index is 0.899. The largest absolute Gasteiger partial charge is 0.371 e. The summed E-state index contributed by atoms with van der Waals surface area (Å²) in [5.74, 6) is 0. The zero-order valence-corrected chi connectivity index (χ0v) is 13.4. The van der Waals surface area contributed by atoms with Crippen molar-refractivity contribution < 1.29 is 0 Å². The number of hydrogen-bond acceptors (Lipinski definition) is 3. The van der Waals surface area contributed by atoms with E-state index < -0.39 is 0 Å². The lowest BCUT2D eigenvalue weighted by Crippen LogP contribution is -2.29. The summed E-state index contributed by atoms with van der Waals surface area (Å²) in [6, 6.07) is 14.6. The van der Waals surface area contributed by atoms with Gasteiger partial charge in [-0.3, -0.25) is 0 Å². The van der Waals surface area contributed by atoms with Gasteiger partial charge in [-0.25, -0.2) is 0 Å².